The third kappa shape index (κ3) is 3.89. The number of ether oxygens (including phenoxy) is 1. The number of methoxy groups -OCH3 is 1. The van der Waals surface area contributed by atoms with Crippen LogP contribution in [0.1, 0.15) is 25.3 Å². The molecule has 0 saturated carbocycles. The van der Waals surface area contributed by atoms with Gasteiger partial charge < -0.3 is 14.7 Å². The molecular weight excluding hydrogens is 216 g/mol. The summed E-state index contributed by atoms with van der Waals surface area (Å²) in [7, 11) is 1.61. The molecule has 4 heteroatoms. The van der Waals surface area contributed by atoms with Crippen molar-refractivity contribution < 1.29 is 9.84 Å². The highest BCUT2D eigenvalue weighted by molar-refractivity contribution is 5.48. The molecule has 1 aromatic heterocycles. The predicted molar refractivity (Wildman–Crippen MR) is 69.7 cm³/mol. The van der Waals surface area contributed by atoms with Crippen LogP contribution < -0.4 is 9.64 Å². The summed E-state index contributed by atoms with van der Waals surface area (Å²) in [6.45, 7) is 5.85. The molecule has 4 nitrogen and oxygen atoms in total. The molecule has 0 bridgehead atoms. The molecule has 1 heterocycles. The smallest absolute Gasteiger partial charge is 0.214 e. The summed E-state index contributed by atoms with van der Waals surface area (Å²) in [4.78, 5) is 6.57. The first-order valence-electron chi connectivity index (χ1n) is 6.10. The Balaban J connectivity index is 2.90. The van der Waals surface area contributed by atoms with Crippen LogP contribution in [0.5, 0.6) is 5.88 Å². The maximum absolute atomic E-state index is 9.11. The monoisotopic (exact) mass is 238 g/mol. The van der Waals surface area contributed by atoms with Gasteiger partial charge in [0.2, 0.25) is 5.88 Å². The van der Waals surface area contributed by atoms with Gasteiger partial charge in [0.05, 0.1) is 13.7 Å². The van der Waals surface area contributed by atoms with Gasteiger partial charge in [-0.25, -0.2) is 0 Å². The van der Waals surface area contributed by atoms with E-state index in [1.165, 1.54) is 0 Å². The molecule has 0 radical (unpaired) electrons. The fraction of sp³-hybridized carbons (Fsp3) is 0.615. The van der Waals surface area contributed by atoms with Crippen LogP contribution in [-0.2, 0) is 0 Å². The maximum Gasteiger partial charge on any atom is 0.214 e. The largest absolute Gasteiger partial charge is 0.481 e. The molecule has 0 unspecified atom stereocenters. The van der Waals surface area contributed by atoms with Crippen LogP contribution in [0.3, 0.4) is 0 Å². The fourth-order valence-corrected chi connectivity index (χ4v) is 1.73. The number of unbranched alkanes of at least 4 members (excludes halogenated alkanes) is 1. The summed E-state index contributed by atoms with van der Waals surface area (Å²) in [5.41, 5.74) is 1.11. The highest BCUT2D eigenvalue weighted by Crippen LogP contribution is 2.21. The van der Waals surface area contributed by atoms with E-state index in [2.05, 4.69) is 16.8 Å². The zero-order valence-corrected chi connectivity index (χ0v) is 10.9. The number of aliphatic hydroxyl groups excluding tert-OH is 1. The first-order chi connectivity index (χ1) is 8.22. The van der Waals surface area contributed by atoms with Crippen LogP contribution in [0.4, 0.5) is 5.82 Å². The SMILES string of the molecule is CCCCN(CCO)c1nc(OC)ccc1C. The number of aromatic nitrogens is 1. The van der Waals surface area contributed by atoms with Crippen molar-refractivity contribution in [2.24, 2.45) is 0 Å². The van der Waals surface area contributed by atoms with Crippen LogP contribution in [0.25, 0.3) is 0 Å². The minimum Gasteiger partial charge on any atom is -0.481 e. The van der Waals surface area contributed by atoms with Gasteiger partial charge in [0.1, 0.15) is 5.82 Å². The minimum absolute atomic E-state index is 0.141. The van der Waals surface area contributed by atoms with Gasteiger partial charge >= 0.3 is 0 Å². The molecule has 1 rings (SSSR count). The lowest BCUT2D eigenvalue weighted by Crippen LogP contribution is -2.29. The van der Waals surface area contributed by atoms with Crippen LogP contribution in [0, 0.1) is 6.92 Å². The molecule has 17 heavy (non-hydrogen) atoms. The minimum atomic E-state index is 0.141. The molecule has 0 spiro atoms. The van der Waals surface area contributed by atoms with E-state index in [-0.39, 0.29) is 6.61 Å². The first kappa shape index (κ1) is 13.8. The number of aryl methyl sites for hydroxylation is 1. The second-order valence-corrected chi connectivity index (χ2v) is 4.06. The number of pyridine rings is 1. The number of nitrogens with zero attached hydrogens (tertiary/aromatic N) is 2. The average Bonchev–Trinajstić information content (AvgIpc) is 2.35. The van der Waals surface area contributed by atoms with E-state index in [0.717, 1.165) is 30.8 Å². The van der Waals surface area contributed by atoms with E-state index in [0.29, 0.717) is 12.4 Å². The molecular formula is C13H22N2O2. The zero-order valence-electron chi connectivity index (χ0n) is 10.9. The highest BCUT2D eigenvalue weighted by atomic mass is 16.5. The van der Waals surface area contributed by atoms with Crippen LogP contribution in [0.15, 0.2) is 12.1 Å². The summed E-state index contributed by atoms with van der Waals surface area (Å²) in [6.07, 6.45) is 2.23. The van der Waals surface area contributed by atoms with E-state index in [1.54, 1.807) is 7.11 Å². The number of rotatable bonds is 7. The Bertz CT molecular complexity index is 342. The van der Waals surface area contributed by atoms with Crippen molar-refractivity contribution in [3.63, 3.8) is 0 Å². The number of anilines is 1. The van der Waals surface area contributed by atoms with E-state index >= 15 is 0 Å². The average molecular weight is 238 g/mol. The third-order valence-corrected chi connectivity index (χ3v) is 2.70. The van der Waals surface area contributed by atoms with Crippen molar-refractivity contribution in [1.29, 1.82) is 0 Å². The molecule has 0 aliphatic rings. The summed E-state index contributed by atoms with van der Waals surface area (Å²) >= 11 is 0. The van der Waals surface area contributed by atoms with Crippen LogP contribution in [-0.4, -0.2) is 36.9 Å². The van der Waals surface area contributed by atoms with Gasteiger partial charge in [0.25, 0.3) is 0 Å². The predicted octanol–water partition coefficient (Wildman–Crippen LogP) is 2.00. The van der Waals surface area contributed by atoms with Crippen molar-refractivity contribution in [2.75, 3.05) is 31.7 Å². The normalized spacial score (nSPS) is 10.4. The molecule has 1 aromatic rings. The lowest BCUT2D eigenvalue weighted by molar-refractivity contribution is 0.301. The van der Waals surface area contributed by atoms with Gasteiger partial charge in [-0.3, -0.25) is 0 Å². The van der Waals surface area contributed by atoms with E-state index in [9.17, 15) is 0 Å². The Morgan fingerprint density at radius 2 is 2.12 bits per heavy atom. The second-order valence-electron chi connectivity index (χ2n) is 4.06. The van der Waals surface area contributed by atoms with Gasteiger partial charge in [-0.1, -0.05) is 19.4 Å². The molecule has 0 aromatic carbocycles. The topological polar surface area (TPSA) is 45.6 Å². The second kappa shape index (κ2) is 7.12. The highest BCUT2D eigenvalue weighted by Gasteiger charge is 2.11. The van der Waals surface area contributed by atoms with E-state index in [4.69, 9.17) is 9.84 Å². The zero-order chi connectivity index (χ0) is 12.7. The van der Waals surface area contributed by atoms with E-state index in [1.807, 2.05) is 19.1 Å². The van der Waals surface area contributed by atoms with Gasteiger partial charge in [0, 0.05) is 19.2 Å². The molecule has 0 atom stereocenters. The quantitative estimate of drug-likeness (QED) is 0.789. The lowest BCUT2D eigenvalue weighted by atomic mass is 10.2. The number of hydrogen-bond donors (Lipinski definition) is 1. The fourth-order valence-electron chi connectivity index (χ4n) is 1.73. The number of hydrogen-bond acceptors (Lipinski definition) is 4. The van der Waals surface area contributed by atoms with Crippen molar-refractivity contribution in [3.05, 3.63) is 17.7 Å². The summed E-state index contributed by atoms with van der Waals surface area (Å²) < 4.78 is 5.14. The molecule has 1 N–H and O–H groups in total. The van der Waals surface area contributed by atoms with Crippen molar-refractivity contribution in [3.8, 4) is 5.88 Å². The van der Waals surface area contributed by atoms with Gasteiger partial charge in [-0.15, -0.1) is 0 Å². The van der Waals surface area contributed by atoms with Crippen LogP contribution in [0.2, 0.25) is 0 Å². The van der Waals surface area contributed by atoms with Crippen molar-refractivity contribution in [2.45, 2.75) is 26.7 Å². The summed E-state index contributed by atoms with van der Waals surface area (Å²) in [6, 6.07) is 3.85. The van der Waals surface area contributed by atoms with Crippen LogP contribution >= 0.6 is 0 Å². The van der Waals surface area contributed by atoms with Gasteiger partial charge in [0.15, 0.2) is 0 Å². The third-order valence-electron chi connectivity index (χ3n) is 2.70. The van der Waals surface area contributed by atoms with Gasteiger partial charge in [-0.05, 0) is 18.9 Å². The Kier molecular flexibility index (Phi) is 5.77. The Morgan fingerprint density at radius 3 is 2.71 bits per heavy atom. The standard InChI is InChI=1S/C13H22N2O2/c1-4-5-8-15(9-10-16)13-11(2)6-7-12(14-13)17-3/h6-7,16H,4-5,8-10H2,1-3H3. The molecule has 96 valence electrons. The molecule has 0 saturated heterocycles. The van der Waals surface area contributed by atoms with Crippen molar-refractivity contribution >= 4 is 5.82 Å². The Hall–Kier alpha value is -1.29. The summed E-state index contributed by atoms with van der Waals surface area (Å²) in [5.74, 6) is 1.52. The summed E-state index contributed by atoms with van der Waals surface area (Å²) in [5, 5.41) is 9.11. The maximum atomic E-state index is 9.11. The molecule has 0 aliphatic heterocycles. The molecule has 0 amide bonds. The van der Waals surface area contributed by atoms with Gasteiger partial charge in [-0.2, -0.15) is 4.98 Å². The Labute approximate surface area is 103 Å². The van der Waals surface area contributed by atoms with E-state index < -0.39 is 0 Å². The Morgan fingerprint density at radius 1 is 1.35 bits per heavy atom. The van der Waals surface area contributed by atoms with Crippen molar-refractivity contribution in [1.82, 2.24) is 4.98 Å². The lowest BCUT2D eigenvalue weighted by Gasteiger charge is -2.24. The first-order valence-corrected chi connectivity index (χ1v) is 6.10. The number of aliphatic hydroxyl groups is 1. The molecule has 0 fully saturated rings. The molecule has 0 aliphatic carbocycles.